The zero-order valence-corrected chi connectivity index (χ0v) is 19.1. The Hall–Kier alpha value is -2.73. The van der Waals surface area contributed by atoms with E-state index < -0.39 is 0 Å². The molecule has 0 unspecified atom stereocenters. The van der Waals surface area contributed by atoms with Crippen molar-refractivity contribution in [3.05, 3.63) is 53.2 Å². The molecule has 1 N–H and O–H groups in total. The normalized spacial score (nSPS) is 14.1. The Morgan fingerprint density at radius 3 is 2.65 bits per heavy atom. The Balaban J connectivity index is 0.00000272. The standard InChI is InChI=1S/C22H24N6OS.ClH/c1-15(2)28(18-8-10-24-11-9-18)22(29)19-14-30-21(25-19)20-16(12-23)13-27(26-20)17-6-4-3-5-7-17;/h3-7,13-15,18,24H,8-11H2,1-2H3;1H. The second-order valence-corrected chi connectivity index (χ2v) is 8.47. The highest BCUT2D eigenvalue weighted by molar-refractivity contribution is 7.13. The molecule has 3 heterocycles. The first-order valence-corrected chi connectivity index (χ1v) is 11.0. The second-order valence-electron chi connectivity index (χ2n) is 7.61. The van der Waals surface area contributed by atoms with Gasteiger partial charge in [0.05, 0.1) is 5.69 Å². The van der Waals surface area contributed by atoms with Gasteiger partial charge in [-0.3, -0.25) is 4.79 Å². The Morgan fingerprint density at radius 2 is 2.00 bits per heavy atom. The molecule has 7 nitrogen and oxygen atoms in total. The number of rotatable bonds is 5. The van der Waals surface area contributed by atoms with Gasteiger partial charge >= 0.3 is 0 Å². The van der Waals surface area contributed by atoms with E-state index >= 15 is 0 Å². The molecule has 1 aliphatic heterocycles. The summed E-state index contributed by atoms with van der Waals surface area (Å²) in [4.78, 5) is 19.8. The lowest BCUT2D eigenvalue weighted by Gasteiger charge is -2.37. The van der Waals surface area contributed by atoms with E-state index in [0.29, 0.717) is 22.0 Å². The summed E-state index contributed by atoms with van der Waals surface area (Å²) in [6, 6.07) is 12.1. The van der Waals surface area contributed by atoms with Crippen LogP contribution >= 0.6 is 23.7 Å². The number of para-hydroxylation sites is 1. The second kappa shape index (κ2) is 10.1. The quantitative estimate of drug-likeness (QED) is 0.629. The first kappa shape index (κ1) is 22.9. The molecule has 4 rings (SSSR count). The molecule has 0 atom stereocenters. The van der Waals surface area contributed by atoms with Crippen LogP contribution in [0, 0.1) is 11.3 Å². The van der Waals surface area contributed by atoms with Crippen molar-refractivity contribution in [2.24, 2.45) is 0 Å². The van der Waals surface area contributed by atoms with Crippen molar-refractivity contribution < 1.29 is 4.79 Å². The van der Waals surface area contributed by atoms with Crippen molar-refractivity contribution in [1.82, 2.24) is 25.0 Å². The number of hydrogen-bond donors (Lipinski definition) is 1. The molecule has 1 saturated heterocycles. The van der Waals surface area contributed by atoms with E-state index in [1.54, 1.807) is 16.3 Å². The van der Waals surface area contributed by atoms with Gasteiger partial charge in [0, 0.05) is 23.7 Å². The maximum absolute atomic E-state index is 13.3. The predicted octanol–water partition coefficient (Wildman–Crippen LogP) is 3.89. The van der Waals surface area contributed by atoms with Gasteiger partial charge in [-0.1, -0.05) is 18.2 Å². The van der Waals surface area contributed by atoms with Crippen molar-refractivity contribution in [2.75, 3.05) is 13.1 Å². The van der Waals surface area contributed by atoms with Crippen LogP contribution in [-0.2, 0) is 0 Å². The number of halogens is 1. The van der Waals surface area contributed by atoms with Crippen molar-refractivity contribution in [3.8, 4) is 22.5 Å². The lowest BCUT2D eigenvalue weighted by molar-refractivity contribution is 0.0560. The zero-order chi connectivity index (χ0) is 21.1. The predicted molar refractivity (Wildman–Crippen MR) is 124 cm³/mol. The lowest BCUT2D eigenvalue weighted by atomic mass is 10.0. The van der Waals surface area contributed by atoms with Gasteiger partial charge in [-0.15, -0.1) is 23.7 Å². The van der Waals surface area contributed by atoms with Crippen molar-refractivity contribution in [1.29, 1.82) is 5.26 Å². The molecular weight excluding hydrogens is 432 g/mol. The summed E-state index contributed by atoms with van der Waals surface area (Å²) in [6.07, 6.45) is 3.59. The summed E-state index contributed by atoms with van der Waals surface area (Å²) in [5.41, 5.74) is 2.22. The van der Waals surface area contributed by atoms with E-state index in [1.165, 1.54) is 11.3 Å². The van der Waals surface area contributed by atoms with E-state index in [0.717, 1.165) is 31.6 Å². The van der Waals surface area contributed by atoms with Crippen LogP contribution in [0.15, 0.2) is 41.9 Å². The Kier molecular flexibility index (Phi) is 7.44. The first-order valence-electron chi connectivity index (χ1n) is 10.1. The Labute approximate surface area is 192 Å². The molecule has 1 aliphatic rings. The van der Waals surface area contributed by atoms with Crippen LogP contribution in [0.3, 0.4) is 0 Å². The molecule has 162 valence electrons. The third-order valence-corrected chi connectivity index (χ3v) is 6.12. The topological polar surface area (TPSA) is 86.8 Å². The lowest BCUT2D eigenvalue weighted by Crippen LogP contribution is -2.49. The number of aromatic nitrogens is 3. The molecule has 3 aromatic rings. The minimum Gasteiger partial charge on any atom is -0.332 e. The van der Waals surface area contributed by atoms with Gasteiger partial charge in [0.1, 0.15) is 28.0 Å². The molecule has 1 amide bonds. The number of amides is 1. The van der Waals surface area contributed by atoms with Crippen LogP contribution in [0.5, 0.6) is 0 Å². The smallest absolute Gasteiger partial charge is 0.273 e. The van der Waals surface area contributed by atoms with E-state index in [2.05, 4.69) is 21.5 Å². The molecule has 1 fully saturated rings. The van der Waals surface area contributed by atoms with E-state index in [1.807, 2.05) is 49.1 Å². The molecule has 9 heteroatoms. The van der Waals surface area contributed by atoms with Gasteiger partial charge in [0.2, 0.25) is 0 Å². The van der Waals surface area contributed by atoms with Crippen LogP contribution in [0.4, 0.5) is 0 Å². The van der Waals surface area contributed by atoms with Gasteiger partial charge in [-0.05, 0) is 51.9 Å². The van der Waals surface area contributed by atoms with Crippen molar-refractivity contribution in [2.45, 2.75) is 38.8 Å². The fourth-order valence-corrected chi connectivity index (χ4v) is 4.64. The highest BCUT2D eigenvalue weighted by atomic mass is 35.5. The third kappa shape index (κ3) is 4.79. The largest absolute Gasteiger partial charge is 0.332 e. The van der Waals surface area contributed by atoms with Gasteiger partial charge in [0.15, 0.2) is 0 Å². The first-order chi connectivity index (χ1) is 14.6. The number of benzene rings is 1. The molecular formula is C22H25ClN6OS. The number of carbonyl (C=O) groups is 1. The summed E-state index contributed by atoms with van der Waals surface area (Å²) in [5, 5.41) is 19.9. The molecule has 0 radical (unpaired) electrons. The fraction of sp³-hybridized carbons (Fsp3) is 0.364. The average Bonchev–Trinajstić information content (AvgIpc) is 3.42. The molecule has 2 aromatic heterocycles. The van der Waals surface area contributed by atoms with Crippen LogP contribution in [0.25, 0.3) is 16.4 Å². The third-order valence-electron chi connectivity index (χ3n) is 5.27. The Bertz CT molecular complexity index is 1070. The summed E-state index contributed by atoms with van der Waals surface area (Å²) in [6.45, 7) is 5.93. The van der Waals surface area contributed by atoms with Crippen molar-refractivity contribution in [3.63, 3.8) is 0 Å². The van der Waals surface area contributed by atoms with Crippen LogP contribution in [-0.4, -0.2) is 50.7 Å². The highest BCUT2D eigenvalue weighted by Gasteiger charge is 2.30. The minimum atomic E-state index is -0.0552. The van der Waals surface area contributed by atoms with Gasteiger partial charge in [-0.25, -0.2) is 9.67 Å². The number of nitrogens with one attached hydrogen (secondary N) is 1. The van der Waals surface area contributed by atoms with E-state index in [4.69, 9.17) is 0 Å². The molecule has 0 saturated carbocycles. The summed E-state index contributed by atoms with van der Waals surface area (Å²) in [5.74, 6) is -0.0552. The average molecular weight is 457 g/mol. The monoisotopic (exact) mass is 456 g/mol. The van der Waals surface area contributed by atoms with Crippen molar-refractivity contribution >= 4 is 29.7 Å². The maximum atomic E-state index is 13.3. The molecule has 0 bridgehead atoms. The van der Waals surface area contributed by atoms with Gasteiger partial charge < -0.3 is 10.2 Å². The number of thiazole rings is 1. The number of nitriles is 1. The maximum Gasteiger partial charge on any atom is 0.273 e. The van der Waals surface area contributed by atoms with Gasteiger partial charge in [-0.2, -0.15) is 10.4 Å². The summed E-state index contributed by atoms with van der Waals surface area (Å²) >= 11 is 1.35. The molecule has 0 spiro atoms. The van der Waals surface area contributed by atoms with Crippen LogP contribution in [0.2, 0.25) is 0 Å². The number of hydrogen-bond acceptors (Lipinski definition) is 6. The summed E-state index contributed by atoms with van der Waals surface area (Å²) in [7, 11) is 0. The SMILES string of the molecule is CC(C)N(C(=O)c1csc(-c2nn(-c3ccccc3)cc2C#N)n1)C1CCNCC1.Cl. The number of piperidine rings is 1. The fourth-order valence-electron chi connectivity index (χ4n) is 3.85. The number of carbonyl (C=O) groups excluding carboxylic acids is 1. The molecule has 31 heavy (non-hydrogen) atoms. The van der Waals surface area contributed by atoms with Crippen LogP contribution in [0.1, 0.15) is 42.7 Å². The Morgan fingerprint density at radius 1 is 1.29 bits per heavy atom. The highest BCUT2D eigenvalue weighted by Crippen LogP contribution is 2.28. The molecule has 0 aliphatic carbocycles. The molecule has 1 aromatic carbocycles. The zero-order valence-electron chi connectivity index (χ0n) is 17.5. The van der Waals surface area contributed by atoms with E-state index in [9.17, 15) is 10.1 Å². The van der Waals surface area contributed by atoms with Crippen LogP contribution < -0.4 is 5.32 Å². The summed E-state index contributed by atoms with van der Waals surface area (Å²) < 4.78 is 1.67. The van der Waals surface area contributed by atoms with Gasteiger partial charge in [0.25, 0.3) is 5.91 Å². The minimum absolute atomic E-state index is 0. The van der Waals surface area contributed by atoms with E-state index in [-0.39, 0.29) is 30.4 Å². The number of nitrogens with zero attached hydrogens (tertiary/aromatic N) is 5.